The van der Waals surface area contributed by atoms with Crippen molar-refractivity contribution in [1.82, 2.24) is 0 Å². The molecule has 0 aliphatic carbocycles. The van der Waals surface area contributed by atoms with Gasteiger partial charge in [-0.3, -0.25) is 50.6 Å². The number of nitro groups is 5. The van der Waals surface area contributed by atoms with Crippen molar-refractivity contribution >= 4 is 79.0 Å². The highest BCUT2D eigenvalue weighted by molar-refractivity contribution is 7.88. The van der Waals surface area contributed by atoms with Crippen molar-refractivity contribution in [2.24, 2.45) is 0 Å². The smallest absolute Gasteiger partial charge is 0.339 e. The number of non-ortho nitro benzene ring substituents is 5. The molecule has 0 amide bonds. The maximum atomic E-state index is 14.1. The fourth-order valence-electron chi connectivity index (χ4n) is 7.32. The van der Waals surface area contributed by atoms with Crippen LogP contribution in [0.1, 0.15) is 17.2 Å². The lowest BCUT2D eigenvalue weighted by molar-refractivity contribution is -0.385. The van der Waals surface area contributed by atoms with Crippen molar-refractivity contribution in [3.8, 4) is 34.5 Å². The molecule has 0 fully saturated rings. The molecule has 32 nitrogen and oxygen atoms in total. The minimum absolute atomic E-state index is 0.419. The molecule has 426 valence electrons. The summed E-state index contributed by atoms with van der Waals surface area (Å²) in [6, 6.07) is 17.1. The zero-order chi connectivity index (χ0) is 59.9. The molecular weight excluding hydrogens is 1200 g/mol. The van der Waals surface area contributed by atoms with Crippen LogP contribution in [0.5, 0.6) is 34.5 Å². The van der Waals surface area contributed by atoms with Gasteiger partial charge in [-0.15, -0.1) is 0 Å². The fraction of sp³-hybridized carbons (Fsp3) is 0.0667. The molecule has 0 aromatic heterocycles. The van der Waals surface area contributed by atoms with E-state index in [0.29, 0.717) is 91.0 Å². The third-order valence-electron chi connectivity index (χ3n) is 11.2. The molecule has 7 aromatic carbocycles. The van der Waals surface area contributed by atoms with Crippen LogP contribution >= 0.6 is 0 Å². The molecule has 0 unspecified atom stereocenters. The maximum absolute atomic E-state index is 14.1. The Bertz CT molecular complexity index is 4250. The monoisotopic (exact) mass is 1230 g/mol. The minimum Gasteiger partial charge on any atom is -0.482 e. The van der Waals surface area contributed by atoms with E-state index < -0.39 is 192 Å². The highest BCUT2D eigenvalue weighted by Gasteiger charge is 2.39. The minimum atomic E-state index is -5.44. The van der Waals surface area contributed by atoms with Crippen LogP contribution in [0.25, 0.3) is 0 Å². The van der Waals surface area contributed by atoms with Crippen molar-refractivity contribution in [3.63, 3.8) is 0 Å². The fourth-order valence-corrected chi connectivity index (χ4v) is 12.0. The van der Waals surface area contributed by atoms with Gasteiger partial charge in [0.15, 0.2) is 23.4 Å². The molecule has 0 spiro atoms. The number of aliphatic hydroxyl groups is 1. The van der Waals surface area contributed by atoms with Gasteiger partial charge >= 0.3 is 50.6 Å². The Morgan fingerprint density at radius 1 is 0.390 bits per heavy atom. The molecule has 1 aliphatic rings. The quantitative estimate of drug-likeness (QED) is 0.0482. The van der Waals surface area contributed by atoms with Crippen molar-refractivity contribution in [3.05, 3.63) is 207 Å². The average Bonchev–Trinajstić information content (AvgIpc) is 3.61. The maximum Gasteiger partial charge on any atom is 0.339 e. The topological polar surface area (TPSA) is 462 Å². The zero-order valence-electron chi connectivity index (χ0n) is 40.1. The number of nitrogens with zero attached hydrogens (tertiary/aromatic N) is 5. The van der Waals surface area contributed by atoms with Crippen LogP contribution in [-0.4, -0.2) is 77.9 Å². The van der Waals surface area contributed by atoms with Crippen LogP contribution in [0.4, 0.5) is 28.4 Å². The molecule has 1 aliphatic heterocycles. The molecular formula is C45H29N5O27S5. The number of fused-ring (bicyclic) bond motifs is 1. The first-order valence-corrected chi connectivity index (χ1v) is 29.0. The van der Waals surface area contributed by atoms with Crippen LogP contribution in [0.3, 0.4) is 0 Å². The van der Waals surface area contributed by atoms with Gasteiger partial charge in [-0.2, -0.15) is 42.1 Å². The Balaban J connectivity index is 1.32. The predicted molar refractivity (Wildman–Crippen MR) is 271 cm³/mol. The molecule has 0 saturated heterocycles. The predicted octanol–water partition coefficient (Wildman–Crippen LogP) is 6.10. The van der Waals surface area contributed by atoms with E-state index in [9.17, 15) is 97.8 Å². The number of aliphatic hydroxyl groups excluding tert-OH is 1. The zero-order valence-corrected chi connectivity index (χ0v) is 44.1. The summed E-state index contributed by atoms with van der Waals surface area (Å²) < 4.78 is 172. The van der Waals surface area contributed by atoms with E-state index in [4.69, 9.17) is 25.7 Å². The molecule has 7 aromatic rings. The second-order valence-electron chi connectivity index (χ2n) is 16.5. The van der Waals surface area contributed by atoms with Gasteiger partial charge in [0.05, 0.1) is 30.7 Å². The summed E-state index contributed by atoms with van der Waals surface area (Å²) in [6.07, 6.45) is -4.97. The molecule has 0 radical (unpaired) electrons. The highest BCUT2D eigenvalue weighted by Crippen LogP contribution is 2.49. The van der Waals surface area contributed by atoms with Crippen LogP contribution in [0.2, 0.25) is 0 Å². The van der Waals surface area contributed by atoms with E-state index >= 15 is 0 Å². The van der Waals surface area contributed by atoms with Gasteiger partial charge in [0.25, 0.3) is 28.4 Å². The van der Waals surface area contributed by atoms with Crippen molar-refractivity contribution in [2.45, 2.75) is 43.1 Å². The van der Waals surface area contributed by atoms with Crippen molar-refractivity contribution in [2.75, 3.05) is 0 Å². The molecule has 82 heavy (non-hydrogen) atoms. The van der Waals surface area contributed by atoms with Gasteiger partial charge in [0.2, 0.25) is 5.75 Å². The lowest BCUT2D eigenvalue weighted by Crippen LogP contribution is -2.31. The SMILES string of the molecule is O=[N+]([O-])c1ccc(S(=O)(=O)Oc2cc3c(c(OS(=O)(=O)c4ccc([N+](=O)[O-])cc4)c2)C[C@@H](O)[C@@H](c2cc(OS(=O)(=O)c4ccc([N+](=O)[O-])cc4)c(OS(=O)(=O)c4ccc([N+](=O)[O-])cc4)c(OS(=O)(=O)c4ccc([N+](=O)[O-])cc4)c2)O3)cc1. The van der Waals surface area contributed by atoms with Gasteiger partial charge < -0.3 is 30.8 Å². The normalized spacial score (nSPS) is 14.5. The Hall–Kier alpha value is -9.95. The Morgan fingerprint density at radius 3 is 0.976 bits per heavy atom. The van der Waals surface area contributed by atoms with Crippen molar-refractivity contribution in [1.29, 1.82) is 0 Å². The Kier molecular flexibility index (Phi) is 15.6. The van der Waals surface area contributed by atoms with E-state index in [0.717, 1.165) is 54.6 Å². The lowest BCUT2D eigenvalue weighted by Gasteiger charge is -2.32. The third kappa shape index (κ3) is 12.6. The van der Waals surface area contributed by atoms with Gasteiger partial charge in [-0.25, -0.2) is 0 Å². The first-order valence-electron chi connectivity index (χ1n) is 22.0. The number of rotatable bonds is 21. The van der Waals surface area contributed by atoms with Gasteiger partial charge in [-0.05, 0) is 72.8 Å². The molecule has 0 saturated carbocycles. The van der Waals surface area contributed by atoms with Gasteiger partial charge in [0, 0.05) is 90.3 Å². The number of hydrogen-bond donors (Lipinski definition) is 1. The van der Waals surface area contributed by atoms with E-state index in [1.54, 1.807) is 0 Å². The average molecular weight is 1230 g/mol. The van der Waals surface area contributed by atoms with E-state index in [2.05, 4.69) is 0 Å². The molecule has 1 heterocycles. The summed E-state index contributed by atoms with van der Waals surface area (Å²) in [5, 5.41) is 68.7. The van der Waals surface area contributed by atoms with Crippen LogP contribution in [0.15, 0.2) is 170 Å². The lowest BCUT2D eigenvalue weighted by atomic mass is 9.93. The standard InChI is InChI=1S/C45H29N5O27S5/c51-39-25-38-40(23-32(73-78(62,63)33-11-1-27(2-12-33)46(52)53)24-41(38)74-79(64,65)34-13-3-28(4-14-34)47(54)55)72-44(39)26-21-42(75-80(66,67)35-15-5-29(6-16-35)48(56)57)45(77-82(70,71)37-19-9-31(10-20-37)50(60)61)43(22-26)76-81(68,69)36-17-7-30(8-18-36)49(58)59/h1-24,39,44,51H,25H2/t39-,44-/m1/s1. The highest BCUT2D eigenvalue weighted by atomic mass is 32.2. The summed E-state index contributed by atoms with van der Waals surface area (Å²) in [5.41, 5.74) is -4.09. The second-order valence-corrected chi connectivity index (χ2v) is 24.2. The largest absolute Gasteiger partial charge is 0.482 e. The van der Waals surface area contributed by atoms with Gasteiger partial charge in [0.1, 0.15) is 36.0 Å². The molecule has 37 heteroatoms. The summed E-state index contributed by atoms with van der Waals surface area (Å²) in [7, 11) is -26.4. The van der Waals surface area contributed by atoms with Gasteiger partial charge in [-0.1, -0.05) is 0 Å². The second kappa shape index (κ2) is 21.9. The summed E-state index contributed by atoms with van der Waals surface area (Å²) in [4.78, 5) is 48.3. The van der Waals surface area contributed by atoms with Crippen LogP contribution < -0.4 is 25.7 Å². The van der Waals surface area contributed by atoms with Crippen LogP contribution in [0, 0.1) is 50.6 Å². The first-order chi connectivity index (χ1) is 38.3. The van der Waals surface area contributed by atoms with E-state index in [1.807, 2.05) is 0 Å². The molecule has 1 N–H and O–H groups in total. The Labute approximate surface area is 459 Å². The van der Waals surface area contributed by atoms with E-state index in [-0.39, 0.29) is 0 Å². The third-order valence-corrected chi connectivity index (χ3v) is 17.5. The number of nitro benzene ring substituents is 5. The number of ether oxygens (including phenoxy) is 1. The summed E-state index contributed by atoms with van der Waals surface area (Å²) >= 11 is 0. The number of hydrogen-bond acceptors (Lipinski definition) is 27. The molecule has 8 rings (SSSR count). The van der Waals surface area contributed by atoms with E-state index in [1.165, 1.54) is 0 Å². The summed E-state index contributed by atoms with van der Waals surface area (Å²) in [5.74, 6) is -6.54. The number of benzene rings is 7. The molecule has 2 atom stereocenters. The van der Waals surface area contributed by atoms with Crippen LogP contribution in [-0.2, 0) is 57.0 Å². The van der Waals surface area contributed by atoms with Crippen molar-refractivity contribution < 1.29 is 97.5 Å². The summed E-state index contributed by atoms with van der Waals surface area (Å²) in [6.45, 7) is 0. The first kappa shape index (κ1) is 58.2. The molecule has 0 bridgehead atoms. The Morgan fingerprint density at radius 2 is 0.671 bits per heavy atom.